The Morgan fingerprint density at radius 1 is 1.26 bits per heavy atom. The lowest BCUT2D eigenvalue weighted by Crippen LogP contribution is -2.08. The number of hydrogen-bond donors (Lipinski definition) is 0. The van der Waals surface area contributed by atoms with Crippen LogP contribution in [0.3, 0.4) is 0 Å². The number of esters is 1. The third-order valence-corrected chi connectivity index (χ3v) is 2.59. The average molecular weight is 260 g/mol. The van der Waals surface area contributed by atoms with Crippen molar-refractivity contribution in [1.29, 1.82) is 0 Å². The smallest absolute Gasteiger partial charge is 0.358 e. The minimum atomic E-state index is -0.454. The van der Waals surface area contributed by atoms with E-state index >= 15 is 0 Å². The SMILES string of the molecule is COC(=O)c1ccn(COc2cc(C)cc(C)c2)n1. The van der Waals surface area contributed by atoms with Crippen molar-refractivity contribution < 1.29 is 14.3 Å². The summed E-state index contributed by atoms with van der Waals surface area (Å²) in [5.74, 6) is 0.331. The number of aryl methyl sites for hydroxylation is 2. The Labute approximate surface area is 111 Å². The second-order valence-electron chi connectivity index (χ2n) is 4.33. The van der Waals surface area contributed by atoms with Gasteiger partial charge in [0.2, 0.25) is 0 Å². The fourth-order valence-corrected chi connectivity index (χ4v) is 1.80. The number of hydrogen-bond acceptors (Lipinski definition) is 4. The predicted octanol–water partition coefficient (Wildman–Crippen LogP) is 2.32. The molecule has 0 bridgehead atoms. The van der Waals surface area contributed by atoms with E-state index in [1.54, 1.807) is 16.9 Å². The van der Waals surface area contributed by atoms with Crippen LogP contribution >= 0.6 is 0 Å². The van der Waals surface area contributed by atoms with Crippen molar-refractivity contribution in [3.05, 3.63) is 47.3 Å². The largest absolute Gasteiger partial charge is 0.471 e. The summed E-state index contributed by atoms with van der Waals surface area (Å²) in [5, 5.41) is 4.06. The Bertz CT molecular complexity index is 570. The van der Waals surface area contributed by atoms with Gasteiger partial charge >= 0.3 is 5.97 Å². The highest BCUT2D eigenvalue weighted by Gasteiger charge is 2.09. The van der Waals surface area contributed by atoms with Crippen LogP contribution < -0.4 is 4.74 Å². The van der Waals surface area contributed by atoms with Crippen LogP contribution in [0.15, 0.2) is 30.5 Å². The highest BCUT2D eigenvalue weighted by molar-refractivity contribution is 5.86. The van der Waals surface area contributed by atoms with E-state index in [-0.39, 0.29) is 12.4 Å². The van der Waals surface area contributed by atoms with Gasteiger partial charge in [-0.25, -0.2) is 9.48 Å². The van der Waals surface area contributed by atoms with Gasteiger partial charge in [0.25, 0.3) is 0 Å². The highest BCUT2D eigenvalue weighted by atomic mass is 16.5. The van der Waals surface area contributed by atoms with E-state index in [4.69, 9.17) is 4.74 Å². The third-order valence-electron chi connectivity index (χ3n) is 2.59. The van der Waals surface area contributed by atoms with Crippen LogP contribution in [0, 0.1) is 13.8 Å². The Morgan fingerprint density at radius 2 is 1.95 bits per heavy atom. The summed E-state index contributed by atoms with van der Waals surface area (Å²) in [6.45, 7) is 4.28. The zero-order valence-corrected chi connectivity index (χ0v) is 11.2. The maximum Gasteiger partial charge on any atom is 0.358 e. The Balaban J connectivity index is 2.02. The van der Waals surface area contributed by atoms with E-state index in [0.717, 1.165) is 16.9 Å². The summed E-state index contributed by atoms with van der Waals surface area (Å²) in [4.78, 5) is 11.3. The molecule has 0 aliphatic heterocycles. The van der Waals surface area contributed by atoms with Gasteiger partial charge in [-0.1, -0.05) is 6.07 Å². The number of aromatic nitrogens is 2. The van der Waals surface area contributed by atoms with E-state index in [2.05, 4.69) is 15.9 Å². The monoisotopic (exact) mass is 260 g/mol. The summed E-state index contributed by atoms with van der Waals surface area (Å²) in [5.41, 5.74) is 2.56. The first-order valence-corrected chi connectivity index (χ1v) is 5.91. The van der Waals surface area contributed by atoms with Gasteiger partial charge in [0.15, 0.2) is 12.4 Å². The van der Waals surface area contributed by atoms with Crippen LogP contribution in [0.5, 0.6) is 5.75 Å². The van der Waals surface area contributed by atoms with E-state index in [1.165, 1.54) is 7.11 Å². The van der Waals surface area contributed by atoms with Crippen molar-refractivity contribution in [3.63, 3.8) is 0 Å². The Hall–Kier alpha value is -2.30. The summed E-state index contributed by atoms with van der Waals surface area (Å²) in [7, 11) is 1.33. The second-order valence-corrected chi connectivity index (χ2v) is 4.33. The van der Waals surface area contributed by atoms with Gasteiger partial charge in [-0.2, -0.15) is 5.10 Å². The number of ether oxygens (including phenoxy) is 2. The predicted molar refractivity (Wildman–Crippen MR) is 70.1 cm³/mol. The minimum absolute atomic E-state index is 0.250. The maximum atomic E-state index is 11.3. The number of methoxy groups -OCH3 is 1. The molecule has 0 spiro atoms. The first kappa shape index (κ1) is 13.1. The fraction of sp³-hybridized carbons (Fsp3) is 0.286. The van der Waals surface area contributed by atoms with Crippen LogP contribution in [0.25, 0.3) is 0 Å². The Kier molecular flexibility index (Phi) is 3.85. The molecule has 1 heterocycles. The summed E-state index contributed by atoms with van der Waals surface area (Å²) in [6.07, 6.45) is 1.68. The van der Waals surface area contributed by atoms with Crippen molar-refractivity contribution in [2.75, 3.05) is 7.11 Å². The first-order valence-electron chi connectivity index (χ1n) is 5.91. The molecule has 0 atom stereocenters. The molecule has 0 fully saturated rings. The van der Waals surface area contributed by atoms with Gasteiger partial charge in [0, 0.05) is 6.20 Å². The standard InChI is InChI=1S/C14H16N2O3/c1-10-6-11(2)8-12(7-10)19-9-16-5-4-13(15-16)14(17)18-3/h4-8H,9H2,1-3H3. The molecular formula is C14H16N2O3. The van der Waals surface area contributed by atoms with E-state index in [0.29, 0.717) is 0 Å². The van der Waals surface area contributed by atoms with Crippen LogP contribution in [-0.4, -0.2) is 22.9 Å². The average Bonchev–Trinajstić information content (AvgIpc) is 2.83. The van der Waals surface area contributed by atoms with Crippen molar-refractivity contribution >= 4 is 5.97 Å². The van der Waals surface area contributed by atoms with Gasteiger partial charge in [-0.15, -0.1) is 0 Å². The highest BCUT2D eigenvalue weighted by Crippen LogP contribution is 2.16. The molecule has 0 aliphatic carbocycles. The topological polar surface area (TPSA) is 53.4 Å². The van der Waals surface area contributed by atoms with Crippen LogP contribution in [-0.2, 0) is 11.5 Å². The lowest BCUT2D eigenvalue weighted by Gasteiger charge is -2.08. The minimum Gasteiger partial charge on any atom is -0.471 e. The van der Waals surface area contributed by atoms with Crippen LogP contribution in [0.4, 0.5) is 0 Å². The quantitative estimate of drug-likeness (QED) is 0.792. The molecule has 5 heteroatoms. The molecule has 0 radical (unpaired) electrons. The fourth-order valence-electron chi connectivity index (χ4n) is 1.80. The van der Waals surface area contributed by atoms with E-state index in [1.807, 2.05) is 26.0 Å². The summed E-state index contributed by atoms with van der Waals surface area (Å²) < 4.78 is 11.8. The Morgan fingerprint density at radius 3 is 2.58 bits per heavy atom. The molecule has 0 aliphatic rings. The number of benzene rings is 1. The second kappa shape index (κ2) is 5.56. The molecular weight excluding hydrogens is 244 g/mol. The molecule has 19 heavy (non-hydrogen) atoms. The van der Waals surface area contributed by atoms with E-state index < -0.39 is 5.97 Å². The zero-order valence-electron chi connectivity index (χ0n) is 11.2. The summed E-state index contributed by atoms with van der Waals surface area (Å²) >= 11 is 0. The first-order chi connectivity index (χ1) is 9.08. The number of carbonyl (C=O) groups is 1. The molecule has 2 aromatic rings. The van der Waals surface area contributed by atoms with Crippen molar-refractivity contribution in [3.8, 4) is 5.75 Å². The van der Waals surface area contributed by atoms with Gasteiger partial charge in [0.05, 0.1) is 7.11 Å². The maximum absolute atomic E-state index is 11.3. The zero-order chi connectivity index (χ0) is 13.8. The molecule has 100 valence electrons. The van der Waals surface area contributed by atoms with Crippen molar-refractivity contribution in [1.82, 2.24) is 9.78 Å². The molecule has 0 amide bonds. The number of nitrogens with zero attached hydrogens (tertiary/aromatic N) is 2. The molecule has 5 nitrogen and oxygen atoms in total. The molecule has 0 unspecified atom stereocenters. The van der Waals surface area contributed by atoms with Crippen LogP contribution in [0.1, 0.15) is 21.6 Å². The molecule has 1 aromatic heterocycles. The normalized spacial score (nSPS) is 10.3. The molecule has 1 aromatic carbocycles. The van der Waals surface area contributed by atoms with Gasteiger partial charge in [-0.3, -0.25) is 0 Å². The molecule has 0 N–H and O–H groups in total. The van der Waals surface area contributed by atoms with Gasteiger partial charge in [-0.05, 0) is 43.2 Å². The van der Waals surface area contributed by atoms with Crippen LogP contribution in [0.2, 0.25) is 0 Å². The number of carbonyl (C=O) groups excluding carboxylic acids is 1. The lowest BCUT2D eigenvalue weighted by molar-refractivity contribution is 0.0592. The van der Waals surface area contributed by atoms with Crippen molar-refractivity contribution in [2.45, 2.75) is 20.6 Å². The third kappa shape index (κ3) is 3.34. The molecule has 2 rings (SSSR count). The summed E-state index contributed by atoms with van der Waals surface area (Å²) in [6, 6.07) is 7.59. The van der Waals surface area contributed by atoms with Crippen molar-refractivity contribution in [2.24, 2.45) is 0 Å². The van der Waals surface area contributed by atoms with Gasteiger partial charge in [0.1, 0.15) is 5.75 Å². The van der Waals surface area contributed by atoms with Gasteiger partial charge < -0.3 is 9.47 Å². The molecule has 0 saturated carbocycles. The number of rotatable bonds is 4. The van der Waals surface area contributed by atoms with E-state index in [9.17, 15) is 4.79 Å². The molecule has 0 saturated heterocycles. The lowest BCUT2D eigenvalue weighted by atomic mass is 10.1.